The Bertz CT molecular complexity index is 999. The van der Waals surface area contributed by atoms with Gasteiger partial charge in [0, 0.05) is 41.0 Å². The number of carbonyl (C=O) groups is 1. The van der Waals surface area contributed by atoms with E-state index in [1.807, 2.05) is 25.1 Å². The van der Waals surface area contributed by atoms with Crippen molar-refractivity contribution < 1.29 is 9.63 Å². The number of anilines is 1. The highest BCUT2D eigenvalue weighted by atomic mass is 16.7. The van der Waals surface area contributed by atoms with Crippen LogP contribution >= 0.6 is 0 Å². The number of aryl methyl sites for hydroxylation is 1. The fourth-order valence-corrected chi connectivity index (χ4v) is 3.16. The quantitative estimate of drug-likeness (QED) is 0.313. The fourth-order valence-electron chi connectivity index (χ4n) is 3.16. The van der Waals surface area contributed by atoms with E-state index in [0.717, 1.165) is 35.0 Å². The van der Waals surface area contributed by atoms with Gasteiger partial charge in [0.2, 0.25) is 0 Å². The van der Waals surface area contributed by atoms with Crippen molar-refractivity contribution in [3.05, 3.63) is 42.0 Å². The molecule has 3 aromatic rings. The van der Waals surface area contributed by atoms with Gasteiger partial charge in [0.1, 0.15) is 0 Å². The maximum absolute atomic E-state index is 11.0. The zero-order chi connectivity index (χ0) is 18.8. The third kappa shape index (κ3) is 3.57. The molecule has 0 atom stereocenters. The summed E-state index contributed by atoms with van der Waals surface area (Å²) in [5.74, 6) is 0.206. The molecule has 0 spiro atoms. The molecule has 0 aliphatic heterocycles. The molecule has 0 saturated carbocycles. The van der Waals surface area contributed by atoms with Crippen LogP contribution in [0.25, 0.3) is 21.8 Å². The van der Waals surface area contributed by atoms with Crippen LogP contribution in [0.3, 0.4) is 0 Å². The predicted molar refractivity (Wildman–Crippen MR) is 107 cm³/mol. The molecule has 0 aliphatic carbocycles. The van der Waals surface area contributed by atoms with Crippen LogP contribution in [0.2, 0.25) is 0 Å². The molecule has 1 aromatic heterocycles. The van der Waals surface area contributed by atoms with Gasteiger partial charge in [0.15, 0.2) is 0 Å². The molecule has 3 rings (SSSR count). The summed E-state index contributed by atoms with van der Waals surface area (Å²) in [5.41, 5.74) is 10.7. The topological polar surface area (TPSA) is 69.6 Å². The van der Waals surface area contributed by atoms with Crippen LogP contribution < -0.4 is 5.73 Å². The molecule has 1 heterocycles. The van der Waals surface area contributed by atoms with Crippen molar-refractivity contribution in [3.8, 4) is 0 Å². The van der Waals surface area contributed by atoms with Crippen LogP contribution in [0.1, 0.15) is 39.7 Å². The average molecular weight is 351 g/mol. The Labute approximate surface area is 153 Å². The van der Waals surface area contributed by atoms with E-state index in [9.17, 15) is 4.79 Å². The summed E-state index contributed by atoms with van der Waals surface area (Å²) in [7, 11) is 0. The molecule has 0 amide bonds. The highest BCUT2D eigenvalue weighted by Gasteiger charge is 2.13. The second kappa shape index (κ2) is 7.20. The molecule has 5 heteroatoms. The number of hydrogen-bond donors (Lipinski definition) is 1. The zero-order valence-electron chi connectivity index (χ0n) is 15.7. The Hall–Kier alpha value is -2.82. The molecule has 0 aliphatic rings. The van der Waals surface area contributed by atoms with Crippen molar-refractivity contribution in [1.82, 2.24) is 4.57 Å². The molecule has 136 valence electrons. The van der Waals surface area contributed by atoms with Crippen molar-refractivity contribution in [2.75, 3.05) is 5.73 Å². The molecule has 0 unspecified atom stereocenters. The van der Waals surface area contributed by atoms with E-state index in [0.29, 0.717) is 11.6 Å². The smallest absolute Gasteiger partial charge is 0.331 e. The first-order chi connectivity index (χ1) is 12.4. The summed E-state index contributed by atoms with van der Waals surface area (Å²) >= 11 is 0. The van der Waals surface area contributed by atoms with Crippen molar-refractivity contribution >= 4 is 39.2 Å². The molecule has 0 saturated heterocycles. The summed E-state index contributed by atoms with van der Waals surface area (Å²) in [4.78, 5) is 15.8. The van der Waals surface area contributed by atoms with Crippen LogP contribution in [0.15, 0.2) is 41.6 Å². The fraction of sp³-hybridized carbons (Fsp3) is 0.333. The number of nitrogens with zero attached hydrogens (tertiary/aromatic N) is 2. The Morgan fingerprint density at radius 2 is 1.77 bits per heavy atom. The van der Waals surface area contributed by atoms with Crippen LogP contribution in [0, 0.1) is 5.92 Å². The van der Waals surface area contributed by atoms with E-state index in [-0.39, 0.29) is 0 Å². The minimum absolute atomic E-state index is 0.427. The first-order valence-electron chi connectivity index (χ1n) is 8.91. The van der Waals surface area contributed by atoms with Crippen LogP contribution in [0.5, 0.6) is 0 Å². The zero-order valence-corrected chi connectivity index (χ0v) is 15.7. The molecular weight excluding hydrogens is 326 g/mol. The lowest BCUT2D eigenvalue weighted by molar-refractivity contribution is -0.140. The Kier molecular flexibility index (Phi) is 4.98. The van der Waals surface area contributed by atoms with Crippen LogP contribution in [-0.4, -0.2) is 16.2 Å². The molecule has 26 heavy (non-hydrogen) atoms. The van der Waals surface area contributed by atoms with E-state index >= 15 is 0 Å². The van der Waals surface area contributed by atoms with E-state index in [1.54, 1.807) is 0 Å². The first-order valence-corrected chi connectivity index (χ1v) is 8.91. The van der Waals surface area contributed by atoms with Gasteiger partial charge in [-0.05, 0) is 55.2 Å². The van der Waals surface area contributed by atoms with E-state index < -0.39 is 5.97 Å². The monoisotopic (exact) mass is 351 g/mol. The second-order valence-corrected chi connectivity index (χ2v) is 7.10. The van der Waals surface area contributed by atoms with Gasteiger partial charge in [-0.2, -0.15) is 0 Å². The molecular formula is C21H25N3O2. The van der Waals surface area contributed by atoms with Gasteiger partial charge in [0.05, 0.1) is 5.71 Å². The lowest BCUT2D eigenvalue weighted by Gasteiger charge is -2.10. The molecule has 0 fully saturated rings. The number of rotatable bonds is 5. The van der Waals surface area contributed by atoms with Gasteiger partial charge in [-0.25, -0.2) is 4.79 Å². The molecule has 2 aromatic carbocycles. The van der Waals surface area contributed by atoms with Crippen molar-refractivity contribution in [2.24, 2.45) is 11.1 Å². The van der Waals surface area contributed by atoms with Crippen molar-refractivity contribution in [3.63, 3.8) is 0 Å². The van der Waals surface area contributed by atoms with Gasteiger partial charge in [-0.1, -0.05) is 25.1 Å². The number of nitrogens with two attached hydrogens (primary N) is 1. The van der Waals surface area contributed by atoms with Crippen molar-refractivity contribution in [2.45, 2.75) is 40.7 Å². The highest BCUT2D eigenvalue weighted by molar-refractivity contribution is 6.12. The number of nitrogen functional groups attached to an aromatic ring is 1. The Morgan fingerprint density at radius 1 is 1.12 bits per heavy atom. The third-order valence-corrected chi connectivity index (χ3v) is 4.55. The number of hydrogen-bond acceptors (Lipinski definition) is 4. The first kappa shape index (κ1) is 18.0. The molecule has 2 N–H and O–H groups in total. The van der Waals surface area contributed by atoms with Crippen LogP contribution in [-0.2, 0) is 16.2 Å². The Balaban J connectivity index is 2.16. The summed E-state index contributed by atoms with van der Waals surface area (Å²) in [6.07, 6.45) is 1.11. The minimum atomic E-state index is -0.427. The maximum atomic E-state index is 11.0. The standard InChI is InChI=1S/C21H25N3O2/c1-13(2)9-10-24-20-7-5-16(14(3)23-26-15(4)25)11-18(20)19-12-17(22)6-8-21(19)24/h5-8,11-13H,9-10,22H2,1-4H3/b23-14+. The number of fused-ring (bicyclic) bond motifs is 3. The van der Waals surface area contributed by atoms with Crippen LogP contribution in [0.4, 0.5) is 5.69 Å². The van der Waals surface area contributed by atoms with E-state index in [1.165, 1.54) is 18.0 Å². The van der Waals surface area contributed by atoms with Gasteiger partial charge in [-0.15, -0.1) is 0 Å². The normalized spacial score (nSPS) is 12.3. The lowest BCUT2D eigenvalue weighted by Crippen LogP contribution is -2.02. The second-order valence-electron chi connectivity index (χ2n) is 7.10. The Morgan fingerprint density at radius 3 is 2.42 bits per heavy atom. The SMILES string of the molecule is CC(=O)O/N=C(\C)c1ccc2c(c1)c1cc(N)ccc1n2CCC(C)C. The minimum Gasteiger partial charge on any atom is -0.399 e. The number of aromatic nitrogens is 1. The average Bonchev–Trinajstić information content (AvgIpc) is 2.90. The lowest BCUT2D eigenvalue weighted by atomic mass is 10.1. The number of oxime groups is 1. The number of benzene rings is 2. The van der Waals surface area contributed by atoms with E-state index in [4.69, 9.17) is 10.6 Å². The maximum Gasteiger partial charge on any atom is 0.331 e. The van der Waals surface area contributed by atoms with Crippen molar-refractivity contribution in [1.29, 1.82) is 0 Å². The highest BCUT2D eigenvalue weighted by Crippen LogP contribution is 2.32. The summed E-state index contributed by atoms with van der Waals surface area (Å²) < 4.78 is 2.35. The van der Waals surface area contributed by atoms with Gasteiger partial charge >= 0.3 is 5.97 Å². The molecule has 0 radical (unpaired) electrons. The third-order valence-electron chi connectivity index (χ3n) is 4.55. The van der Waals surface area contributed by atoms with Gasteiger partial charge < -0.3 is 15.1 Å². The molecule has 5 nitrogen and oxygen atoms in total. The van der Waals surface area contributed by atoms with E-state index in [2.05, 4.69) is 41.8 Å². The number of carbonyl (C=O) groups excluding carboxylic acids is 1. The van der Waals surface area contributed by atoms with Gasteiger partial charge in [0.25, 0.3) is 0 Å². The summed E-state index contributed by atoms with van der Waals surface area (Å²) in [5, 5.41) is 6.16. The summed E-state index contributed by atoms with van der Waals surface area (Å²) in [6, 6.07) is 12.3. The largest absolute Gasteiger partial charge is 0.399 e. The van der Waals surface area contributed by atoms with Gasteiger partial charge in [-0.3, -0.25) is 0 Å². The predicted octanol–water partition coefficient (Wildman–Crippen LogP) is 4.71. The summed E-state index contributed by atoms with van der Waals surface area (Å²) in [6.45, 7) is 8.60. The molecule has 0 bridgehead atoms.